The molecule has 0 bridgehead atoms. The van der Waals surface area contributed by atoms with Crippen molar-refractivity contribution in [3.8, 4) is 0 Å². The summed E-state index contributed by atoms with van der Waals surface area (Å²) in [5.74, 6) is 0.143. The van der Waals surface area contributed by atoms with Crippen molar-refractivity contribution in [2.75, 3.05) is 6.61 Å². The molecular weight excluding hydrogens is 194 g/mol. The molecule has 1 rings (SSSR count). The van der Waals surface area contributed by atoms with Crippen LogP contribution in [0.1, 0.15) is 30.6 Å². The topological polar surface area (TPSA) is 62.5 Å². The molecule has 84 valence electrons. The number of aliphatic hydroxyl groups excluding tert-OH is 1. The minimum Gasteiger partial charge on any atom is -0.472 e. The van der Waals surface area contributed by atoms with Crippen LogP contribution in [-0.4, -0.2) is 23.7 Å². The fraction of sp³-hybridized carbons (Fsp3) is 0.545. The second-order valence-corrected chi connectivity index (χ2v) is 3.85. The lowest BCUT2D eigenvalue weighted by Gasteiger charge is -2.20. The summed E-state index contributed by atoms with van der Waals surface area (Å²) < 4.78 is 4.83. The zero-order valence-electron chi connectivity index (χ0n) is 9.06. The van der Waals surface area contributed by atoms with Crippen molar-refractivity contribution in [1.29, 1.82) is 0 Å². The maximum Gasteiger partial charge on any atom is 0.254 e. The van der Waals surface area contributed by atoms with Crippen molar-refractivity contribution in [2.24, 2.45) is 5.92 Å². The third-order valence-corrected chi connectivity index (χ3v) is 2.34. The smallest absolute Gasteiger partial charge is 0.254 e. The lowest BCUT2D eigenvalue weighted by atomic mass is 10.0. The molecule has 0 spiro atoms. The van der Waals surface area contributed by atoms with Gasteiger partial charge in [-0.2, -0.15) is 0 Å². The molecule has 0 aliphatic rings. The average molecular weight is 211 g/mol. The summed E-state index contributed by atoms with van der Waals surface area (Å²) in [7, 11) is 0. The molecule has 0 saturated heterocycles. The van der Waals surface area contributed by atoms with E-state index in [2.05, 4.69) is 5.32 Å². The lowest BCUT2D eigenvalue weighted by molar-refractivity contribution is 0.0916. The van der Waals surface area contributed by atoms with Crippen LogP contribution >= 0.6 is 0 Å². The van der Waals surface area contributed by atoms with E-state index in [1.165, 1.54) is 12.5 Å². The van der Waals surface area contributed by atoms with Crippen molar-refractivity contribution in [3.05, 3.63) is 24.2 Å². The number of hydrogen-bond acceptors (Lipinski definition) is 3. The zero-order chi connectivity index (χ0) is 11.3. The summed E-state index contributed by atoms with van der Waals surface area (Å²) in [6.07, 6.45) is 3.44. The number of rotatable bonds is 5. The minimum atomic E-state index is -0.157. The number of carbonyl (C=O) groups is 1. The van der Waals surface area contributed by atoms with Gasteiger partial charge in [0.25, 0.3) is 5.91 Å². The molecule has 15 heavy (non-hydrogen) atoms. The molecule has 1 heterocycles. The van der Waals surface area contributed by atoms with Gasteiger partial charge in [0.1, 0.15) is 6.26 Å². The Hall–Kier alpha value is -1.29. The van der Waals surface area contributed by atoms with Gasteiger partial charge in [0.15, 0.2) is 0 Å². The Morgan fingerprint density at radius 1 is 1.60 bits per heavy atom. The van der Waals surface area contributed by atoms with Crippen LogP contribution in [0.2, 0.25) is 0 Å². The normalized spacial score (nSPS) is 12.8. The monoisotopic (exact) mass is 211 g/mol. The van der Waals surface area contributed by atoms with Crippen LogP contribution in [0.25, 0.3) is 0 Å². The first-order valence-corrected chi connectivity index (χ1v) is 5.09. The van der Waals surface area contributed by atoms with Crippen LogP contribution in [0.5, 0.6) is 0 Å². The van der Waals surface area contributed by atoms with Crippen molar-refractivity contribution in [2.45, 2.75) is 26.3 Å². The van der Waals surface area contributed by atoms with Gasteiger partial charge >= 0.3 is 0 Å². The SMILES string of the molecule is CC(C)C(CCO)NC(=O)c1ccoc1. The number of hydrogen-bond donors (Lipinski definition) is 2. The van der Waals surface area contributed by atoms with Gasteiger partial charge in [-0.3, -0.25) is 4.79 Å². The molecule has 1 aromatic rings. The Morgan fingerprint density at radius 2 is 2.33 bits per heavy atom. The van der Waals surface area contributed by atoms with E-state index in [1.54, 1.807) is 6.07 Å². The number of carbonyl (C=O) groups excluding carboxylic acids is 1. The summed E-state index contributed by atoms with van der Waals surface area (Å²) >= 11 is 0. The number of aliphatic hydroxyl groups is 1. The number of furan rings is 1. The van der Waals surface area contributed by atoms with Crippen LogP contribution in [0, 0.1) is 5.92 Å². The van der Waals surface area contributed by atoms with Crippen LogP contribution < -0.4 is 5.32 Å². The molecule has 1 unspecified atom stereocenters. The van der Waals surface area contributed by atoms with Crippen molar-refractivity contribution in [3.63, 3.8) is 0 Å². The molecule has 4 nitrogen and oxygen atoms in total. The Balaban J connectivity index is 2.55. The largest absolute Gasteiger partial charge is 0.472 e. The van der Waals surface area contributed by atoms with Gasteiger partial charge in [0.05, 0.1) is 11.8 Å². The van der Waals surface area contributed by atoms with Crippen LogP contribution in [0.3, 0.4) is 0 Å². The first-order valence-electron chi connectivity index (χ1n) is 5.09. The zero-order valence-corrected chi connectivity index (χ0v) is 9.06. The molecule has 0 fully saturated rings. The molecular formula is C11H17NO3. The van der Waals surface area contributed by atoms with Crippen molar-refractivity contribution >= 4 is 5.91 Å². The maximum absolute atomic E-state index is 11.6. The molecule has 0 saturated carbocycles. The highest BCUT2D eigenvalue weighted by Gasteiger charge is 2.16. The van der Waals surface area contributed by atoms with E-state index in [4.69, 9.17) is 9.52 Å². The van der Waals surface area contributed by atoms with Gasteiger partial charge in [-0.05, 0) is 18.4 Å². The standard InChI is InChI=1S/C11H17NO3/c1-8(2)10(3-5-13)12-11(14)9-4-6-15-7-9/h4,6-8,10,13H,3,5H2,1-2H3,(H,12,14). The van der Waals surface area contributed by atoms with Gasteiger partial charge in [-0.1, -0.05) is 13.8 Å². The molecule has 4 heteroatoms. The van der Waals surface area contributed by atoms with E-state index in [0.717, 1.165) is 0 Å². The van der Waals surface area contributed by atoms with E-state index in [9.17, 15) is 4.79 Å². The first kappa shape index (κ1) is 11.8. The Bertz CT molecular complexity index is 293. The first-order chi connectivity index (χ1) is 7.15. The minimum absolute atomic E-state index is 0.00241. The quantitative estimate of drug-likeness (QED) is 0.774. The molecule has 1 aromatic heterocycles. The van der Waals surface area contributed by atoms with Crippen molar-refractivity contribution in [1.82, 2.24) is 5.32 Å². The van der Waals surface area contributed by atoms with Gasteiger partial charge < -0.3 is 14.8 Å². The second kappa shape index (κ2) is 5.56. The third kappa shape index (κ3) is 3.40. The molecule has 1 atom stereocenters. The predicted molar refractivity (Wildman–Crippen MR) is 56.5 cm³/mol. The van der Waals surface area contributed by atoms with Crippen LogP contribution in [0.4, 0.5) is 0 Å². The molecule has 1 amide bonds. The van der Waals surface area contributed by atoms with Crippen LogP contribution in [-0.2, 0) is 0 Å². The molecule has 0 aliphatic carbocycles. The Labute approximate surface area is 89.3 Å². The predicted octanol–water partition coefficient (Wildman–Crippen LogP) is 1.42. The number of nitrogens with one attached hydrogen (secondary N) is 1. The molecule has 2 N–H and O–H groups in total. The van der Waals surface area contributed by atoms with Crippen LogP contribution in [0.15, 0.2) is 23.0 Å². The fourth-order valence-corrected chi connectivity index (χ4v) is 1.36. The Morgan fingerprint density at radius 3 is 2.80 bits per heavy atom. The maximum atomic E-state index is 11.6. The highest BCUT2D eigenvalue weighted by Crippen LogP contribution is 2.07. The van der Waals surface area contributed by atoms with E-state index >= 15 is 0 Å². The second-order valence-electron chi connectivity index (χ2n) is 3.85. The number of amides is 1. The summed E-state index contributed by atoms with van der Waals surface area (Å²) in [5, 5.41) is 11.7. The average Bonchev–Trinajstić information content (AvgIpc) is 2.69. The van der Waals surface area contributed by atoms with Gasteiger partial charge in [-0.25, -0.2) is 0 Å². The van der Waals surface area contributed by atoms with Gasteiger partial charge in [-0.15, -0.1) is 0 Å². The van der Waals surface area contributed by atoms with E-state index in [0.29, 0.717) is 17.9 Å². The summed E-state index contributed by atoms with van der Waals surface area (Å²) in [6, 6.07) is 1.61. The van der Waals surface area contributed by atoms with E-state index in [1.807, 2.05) is 13.8 Å². The highest BCUT2D eigenvalue weighted by atomic mass is 16.3. The fourth-order valence-electron chi connectivity index (χ4n) is 1.36. The summed E-state index contributed by atoms with van der Waals surface area (Å²) in [6.45, 7) is 4.10. The van der Waals surface area contributed by atoms with Gasteiger partial charge in [0.2, 0.25) is 0 Å². The Kier molecular flexibility index (Phi) is 4.37. The summed E-state index contributed by atoms with van der Waals surface area (Å²) in [4.78, 5) is 11.6. The van der Waals surface area contributed by atoms with Crippen molar-refractivity contribution < 1.29 is 14.3 Å². The molecule has 0 radical (unpaired) electrons. The van der Waals surface area contributed by atoms with E-state index in [-0.39, 0.29) is 18.6 Å². The summed E-state index contributed by atoms with van der Waals surface area (Å²) in [5.41, 5.74) is 0.513. The highest BCUT2D eigenvalue weighted by molar-refractivity contribution is 5.93. The van der Waals surface area contributed by atoms with E-state index < -0.39 is 0 Å². The third-order valence-electron chi connectivity index (χ3n) is 2.34. The lowest BCUT2D eigenvalue weighted by Crippen LogP contribution is -2.39. The molecule has 0 aliphatic heterocycles. The van der Waals surface area contributed by atoms with Gasteiger partial charge in [0, 0.05) is 12.6 Å². The molecule has 0 aromatic carbocycles.